The molecule has 0 spiro atoms. The number of hydrogen-bond acceptors (Lipinski definition) is 4. The van der Waals surface area contributed by atoms with Crippen LogP contribution in [0.15, 0.2) is 42.5 Å². The minimum absolute atomic E-state index is 0.150. The summed E-state index contributed by atoms with van der Waals surface area (Å²) >= 11 is 6.26. The maximum absolute atomic E-state index is 14.5. The number of aromatic nitrogens is 3. The topological polar surface area (TPSA) is 62.5 Å². The van der Waals surface area contributed by atoms with E-state index in [0.717, 1.165) is 29.8 Å². The van der Waals surface area contributed by atoms with Gasteiger partial charge < -0.3 is 0 Å². The summed E-state index contributed by atoms with van der Waals surface area (Å²) in [6, 6.07) is 14.3. The fourth-order valence-electron chi connectivity index (χ4n) is 5.49. The molecule has 2 aliphatic rings. The van der Waals surface area contributed by atoms with Crippen LogP contribution in [0.25, 0.3) is 11.3 Å². The first-order chi connectivity index (χ1) is 13.9. The zero-order valence-corrected chi connectivity index (χ0v) is 16.8. The predicted molar refractivity (Wildman–Crippen MR) is 108 cm³/mol. The van der Waals surface area contributed by atoms with Crippen LogP contribution < -0.4 is 0 Å². The monoisotopic (exact) mass is 404 g/mol. The largest absolute Gasteiger partial charge is 0.241 e. The Bertz CT molecular complexity index is 1180. The number of hydrogen-bond donors (Lipinski definition) is 0. The van der Waals surface area contributed by atoms with Crippen molar-refractivity contribution in [1.29, 1.82) is 5.26 Å². The van der Waals surface area contributed by atoms with Crippen molar-refractivity contribution in [3.8, 4) is 17.3 Å². The SMILES string of the molecule is CC1(C)[C@H]2CC[C@]1(c1cccc(C#N)n1)c1nnc(-c3c(F)cccc3Cl)cc12. The van der Waals surface area contributed by atoms with Gasteiger partial charge in [-0.2, -0.15) is 15.5 Å². The molecule has 5 rings (SSSR count). The lowest BCUT2D eigenvalue weighted by Gasteiger charge is -2.37. The van der Waals surface area contributed by atoms with Crippen molar-refractivity contribution < 1.29 is 4.39 Å². The number of nitriles is 1. The highest BCUT2D eigenvalue weighted by atomic mass is 35.5. The summed E-state index contributed by atoms with van der Waals surface area (Å²) in [4.78, 5) is 4.64. The van der Waals surface area contributed by atoms with Crippen LogP contribution in [0.5, 0.6) is 0 Å². The second-order valence-electron chi connectivity index (χ2n) is 8.37. The maximum atomic E-state index is 14.5. The van der Waals surface area contributed by atoms with Crippen molar-refractivity contribution in [3.63, 3.8) is 0 Å². The predicted octanol–water partition coefficient (Wildman–Crippen LogP) is 5.41. The fraction of sp³-hybridized carbons (Fsp3) is 0.304. The van der Waals surface area contributed by atoms with E-state index in [1.165, 1.54) is 6.07 Å². The molecule has 29 heavy (non-hydrogen) atoms. The van der Waals surface area contributed by atoms with Gasteiger partial charge in [0.25, 0.3) is 0 Å². The average Bonchev–Trinajstić information content (AvgIpc) is 3.09. The maximum Gasteiger partial charge on any atom is 0.140 e. The molecular weight excluding hydrogens is 387 g/mol. The summed E-state index contributed by atoms with van der Waals surface area (Å²) in [7, 11) is 0. The molecule has 1 aromatic carbocycles. The number of pyridine rings is 1. The van der Waals surface area contributed by atoms with Crippen molar-refractivity contribution in [3.05, 3.63) is 75.9 Å². The summed E-state index contributed by atoms with van der Waals surface area (Å²) in [5.74, 6) is -0.155. The van der Waals surface area contributed by atoms with E-state index in [4.69, 9.17) is 11.6 Å². The minimum atomic E-state index is -0.412. The lowest BCUT2D eigenvalue weighted by Crippen LogP contribution is -2.37. The Labute approximate surface area is 173 Å². The van der Waals surface area contributed by atoms with E-state index in [-0.39, 0.29) is 16.9 Å². The number of nitrogens with zero attached hydrogens (tertiary/aromatic N) is 4. The van der Waals surface area contributed by atoms with Crippen LogP contribution in [0, 0.1) is 22.6 Å². The van der Waals surface area contributed by atoms with Gasteiger partial charge in [0.1, 0.15) is 17.6 Å². The highest BCUT2D eigenvalue weighted by molar-refractivity contribution is 6.33. The molecule has 0 saturated heterocycles. The van der Waals surface area contributed by atoms with Crippen LogP contribution >= 0.6 is 11.6 Å². The Balaban J connectivity index is 1.74. The molecule has 0 unspecified atom stereocenters. The first-order valence-corrected chi connectivity index (χ1v) is 9.98. The van der Waals surface area contributed by atoms with E-state index in [0.29, 0.717) is 16.4 Å². The van der Waals surface area contributed by atoms with Crippen LogP contribution in [-0.4, -0.2) is 15.2 Å². The normalized spacial score (nSPS) is 23.6. The van der Waals surface area contributed by atoms with Crippen molar-refractivity contribution in [2.24, 2.45) is 5.41 Å². The van der Waals surface area contributed by atoms with Crippen LogP contribution in [0.2, 0.25) is 5.02 Å². The van der Waals surface area contributed by atoms with E-state index in [1.807, 2.05) is 18.2 Å². The summed E-state index contributed by atoms with van der Waals surface area (Å²) in [6.07, 6.45) is 1.88. The smallest absolute Gasteiger partial charge is 0.140 e. The minimum Gasteiger partial charge on any atom is -0.241 e. The van der Waals surface area contributed by atoms with E-state index >= 15 is 0 Å². The molecule has 1 saturated carbocycles. The van der Waals surface area contributed by atoms with Gasteiger partial charge in [0, 0.05) is 0 Å². The summed E-state index contributed by atoms with van der Waals surface area (Å²) in [6.45, 7) is 4.45. The van der Waals surface area contributed by atoms with Gasteiger partial charge in [-0.05, 0) is 60.1 Å². The molecule has 3 aromatic rings. The molecule has 1 fully saturated rings. The standard InChI is InChI=1S/C23H18ClFN4/c1-22(2)15-9-10-23(22,19-8-3-5-13(12-26)27-19)21-14(15)11-18(28-29-21)20-16(24)6-4-7-17(20)25/h3-8,11,15H,9-10H2,1-2H3/t15-,23-/m0/s1. The zero-order chi connectivity index (χ0) is 20.4. The zero-order valence-electron chi connectivity index (χ0n) is 16.1. The number of halogens is 2. The van der Waals surface area contributed by atoms with Crippen molar-refractivity contribution in [2.75, 3.05) is 0 Å². The quantitative estimate of drug-likeness (QED) is 0.573. The third-order valence-corrected chi connectivity index (χ3v) is 7.22. The second kappa shape index (κ2) is 6.08. The van der Waals surface area contributed by atoms with Crippen LogP contribution in [0.1, 0.15) is 55.3 Å². The molecule has 0 N–H and O–H groups in total. The Hall–Kier alpha value is -2.84. The van der Waals surface area contributed by atoms with Gasteiger partial charge in [0.05, 0.1) is 33.1 Å². The van der Waals surface area contributed by atoms with Gasteiger partial charge in [-0.3, -0.25) is 0 Å². The number of fused-ring (bicyclic) bond motifs is 5. The van der Waals surface area contributed by atoms with Crippen LogP contribution in [0.4, 0.5) is 4.39 Å². The Morgan fingerprint density at radius 2 is 1.97 bits per heavy atom. The summed E-state index contributed by atoms with van der Waals surface area (Å²) < 4.78 is 14.5. The highest BCUT2D eigenvalue weighted by Crippen LogP contribution is 2.69. The molecule has 0 amide bonds. The molecular formula is C23H18ClFN4. The Morgan fingerprint density at radius 1 is 1.17 bits per heavy atom. The lowest BCUT2D eigenvalue weighted by atomic mass is 9.66. The molecule has 2 atom stereocenters. The van der Waals surface area contributed by atoms with E-state index < -0.39 is 11.2 Å². The van der Waals surface area contributed by atoms with E-state index in [1.54, 1.807) is 18.2 Å². The lowest BCUT2D eigenvalue weighted by molar-refractivity contribution is 0.243. The average molecular weight is 405 g/mol. The molecule has 2 heterocycles. The van der Waals surface area contributed by atoms with Gasteiger partial charge >= 0.3 is 0 Å². The molecule has 0 radical (unpaired) electrons. The van der Waals surface area contributed by atoms with Crippen LogP contribution in [-0.2, 0) is 5.41 Å². The molecule has 0 aliphatic heterocycles. The Kier molecular flexibility index (Phi) is 3.81. The Morgan fingerprint density at radius 3 is 2.72 bits per heavy atom. The molecule has 2 aromatic heterocycles. The number of benzene rings is 1. The fourth-order valence-corrected chi connectivity index (χ4v) is 5.75. The van der Waals surface area contributed by atoms with Gasteiger partial charge in [0.2, 0.25) is 0 Å². The third-order valence-electron chi connectivity index (χ3n) is 6.90. The third kappa shape index (κ3) is 2.27. The first kappa shape index (κ1) is 18.2. The molecule has 144 valence electrons. The van der Waals surface area contributed by atoms with Crippen molar-refractivity contribution in [1.82, 2.24) is 15.2 Å². The van der Waals surface area contributed by atoms with Gasteiger partial charge in [0.15, 0.2) is 0 Å². The van der Waals surface area contributed by atoms with E-state index in [2.05, 4.69) is 35.1 Å². The van der Waals surface area contributed by atoms with Gasteiger partial charge in [-0.1, -0.05) is 37.6 Å². The van der Waals surface area contributed by atoms with Gasteiger partial charge in [-0.15, -0.1) is 0 Å². The molecule has 2 aliphatic carbocycles. The second-order valence-corrected chi connectivity index (χ2v) is 8.78. The summed E-state index contributed by atoms with van der Waals surface area (Å²) in [5.41, 5.74) is 3.38. The highest BCUT2D eigenvalue weighted by Gasteiger charge is 2.65. The molecule has 6 heteroatoms. The van der Waals surface area contributed by atoms with Gasteiger partial charge in [-0.25, -0.2) is 9.37 Å². The first-order valence-electron chi connectivity index (χ1n) is 9.60. The molecule has 2 bridgehead atoms. The van der Waals surface area contributed by atoms with E-state index in [9.17, 15) is 9.65 Å². The van der Waals surface area contributed by atoms with Crippen molar-refractivity contribution in [2.45, 2.75) is 38.0 Å². The number of rotatable bonds is 2. The van der Waals surface area contributed by atoms with Crippen molar-refractivity contribution >= 4 is 11.6 Å². The van der Waals surface area contributed by atoms with Crippen LogP contribution in [0.3, 0.4) is 0 Å². The summed E-state index contributed by atoms with van der Waals surface area (Å²) in [5, 5.41) is 18.6. The molecule has 4 nitrogen and oxygen atoms in total.